The molecule has 0 radical (unpaired) electrons. The summed E-state index contributed by atoms with van der Waals surface area (Å²) < 4.78 is 0. The Morgan fingerprint density at radius 2 is 2.29 bits per heavy atom. The first kappa shape index (κ1) is 11.9. The molecule has 0 aliphatic carbocycles. The van der Waals surface area contributed by atoms with Crippen LogP contribution in [-0.4, -0.2) is 30.1 Å². The van der Waals surface area contributed by atoms with Crippen LogP contribution in [0.4, 0.5) is 0 Å². The van der Waals surface area contributed by atoms with Crippen molar-refractivity contribution in [2.45, 2.75) is 25.3 Å². The summed E-state index contributed by atoms with van der Waals surface area (Å²) in [5.74, 6) is 0.360. The van der Waals surface area contributed by atoms with Gasteiger partial charge in [-0.3, -0.25) is 4.79 Å². The van der Waals surface area contributed by atoms with Gasteiger partial charge in [-0.25, -0.2) is 0 Å². The third-order valence-electron chi connectivity index (χ3n) is 3.06. The van der Waals surface area contributed by atoms with E-state index in [1.54, 1.807) is 12.1 Å². The van der Waals surface area contributed by atoms with E-state index in [1.807, 2.05) is 12.1 Å². The minimum atomic E-state index is -0.0284. The van der Waals surface area contributed by atoms with E-state index in [2.05, 4.69) is 10.6 Å². The number of amides is 1. The zero-order chi connectivity index (χ0) is 12.1. The summed E-state index contributed by atoms with van der Waals surface area (Å²) in [6.07, 6.45) is 2.64. The van der Waals surface area contributed by atoms with E-state index in [-0.39, 0.29) is 11.9 Å². The van der Waals surface area contributed by atoms with Gasteiger partial charge in [-0.05, 0) is 37.4 Å². The van der Waals surface area contributed by atoms with Crippen LogP contribution in [0, 0.1) is 0 Å². The van der Waals surface area contributed by atoms with Crippen molar-refractivity contribution in [1.82, 2.24) is 10.6 Å². The number of rotatable bonds is 4. The first-order valence-electron chi connectivity index (χ1n) is 6.05. The predicted octanol–water partition coefficient (Wildman–Crippen LogP) is 0.803. The van der Waals surface area contributed by atoms with Gasteiger partial charge < -0.3 is 15.7 Å². The average molecular weight is 234 g/mol. The van der Waals surface area contributed by atoms with Gasteiger partial charge in [0, 0.05) is 6.54 Å². The standard InChI is InChI=1S/C13H18N2O2/c16-12-6-2-1-4-10(12)7-9-15-13(17)11-5-3-8-14-11/h1-2,4,6,11,14,16H,3,5,7-9H2,(H,15,17). The fourth-order valence-electron chi connectivity index (χ4n) is 2.07. The van der Waals surface area contributed by atoms with E-state index < -0.39 is 0 Å². The molecular weight excluding hydrogens is 216 g/mol. The molecule has 1 aromatic carbocycles. The molecule has 1 amide bonds. The predicted molar refractivity (Wildman–Crippen MR) is 65.8 cm³/mol. The van der Waals surface area contributed by atoms with Crippen LogP contribution < -0.4 is 10.6 Å². The van der Waals surface area contributed by atoms with Crippen LogP contribution in [0.5, 0.6) is 5.75 Å². The van der Waals surface area contributed by atoms with E-state index in [4.69, 9.17) is 0 Å². The number of aromatic hydroxyl groups is 1. The van der Waals surface area contributed by atoms with Gasteiger partial charge in [0.05, 0.1) is 6.04 Å². The van der Waals surface area contributed by atoms with Gasteiger partial charge in [0.15, 0.2) is 0 Å². The zero-order valence-electron chi connectivity index (χ0n) is 9.78. The molecule has 4 nitrogen and oxygen atoms in total. The summed E-state index contributed by atoms with van der Waals surface area (Å²) >= 11 is 0. The van der Waals surface area contributed by atoms with Crippen LogP contribution in [0.15, 0.2) is 24.3 Å². The maximum absolute atomic E-state index is 11.7. The summed E-state index contributed by atoms with van der Waals surface area (Å²) in [4.78, 5) is 11.7. The Hall–Kier alpha value is -1.55. The van der Waals surface area contributed by atoms with E-state index in [9.17, 15) is 9.90 Å². The third kappa shape index (κ3) is 3.20. The molecule has 0 bridgehead atoms. The van der Waals surface area contributed by atoms with Crippen molar-refractivity contribution in [2.24, 2.45) is 0 Å². The van der Waals surface area contributed by atoms with Gasteiger partial charge >= 0.3 is 0 Å². The highest BCUT2D eigenvalue weighted by atomic mass is 16.3. The van der Waals surface area contributed by atoms with Crippen LogP contribution in [0.2, 0.25) is 0 Å². The van der Waals surface area contributed by atoms with Gasteiger partial charge in [-0.15, -0.1) is 0 Å². The van der Waals surface area contributed by atoms with Gasteiger partial charge in [-0.1, -0.05) is 18.2 Å². The SMILES string of the molecule is O=C(NCCc1ccccc1O)C1CCCN1. The van der Waals surface area contributed by atoms with Crippen molar-refractivity contribution in [3.63, 3.8) is 0 Å². The molecule has 1 atom stereocenters. The van der Waals surface area contributed by atoms with E-state index in [1.165, 1.54) is 0 Å². The molecule has 0 saturated carbocycles. The summed E-state index contributed by atoms with van der Waals surface area (Å²) in [5, 5.41) is 15.6. The normalized spacial score (nSPS) is 19.2. The van der Waals surface area contributed by atoms with Crippen molar-refractivity contribution < 1.29 is 9.90 Å². The molecule has 0 aromatic heterocycles. The molecule has 4 heteroatoms. The Balaban J connectivity index is 1.76. The molecule has 1 saturated heterocycles. The number of carbonyl (C=O) groups excluding carboxylic acids is 1. The molecule has 1 aliphatic rings. The molecule has 3 N–H and O–H groups in total. The summed E-state index contributed by atoms with van der Waals surface area (Å²) in [7, 11) is 0. The molecule has 1 unspecified atom stereocenters. The summed E-state index contributed by atoms with van der Waals surface area (Å²) in [6, 6.07) is 7.18. The van der Waals surface area contributed by atoms with Gasteiger partial charge in [0.2, 0.25) is 5.91 Å². The first-order valence-corrected chi connectivity index (χ1v) is 6.05. The lowest BCUT2D eigenvalue weighted by atomic mass is 10.1. The monoisotopic (exact) mass is 234 g/mol. The second kappa shape index (κ2) is 5.68. The minimum Gasteiger partial charge on any atom is -0.508 e. The lowest BCUT2D eigenvalue weighted by Crippen LogP contribution is -2.41. The maximum Gasteiger partial charge on any atom is 0.237 e. The molecule has 1 fully saturated rings. The average Bonchev–Trinajstić information content (AvgIpc) is 2.85. The molecule has 1 heterocycles. The van der Waals surface area contributed by atoms with Crippen LogP contribution in [-0.2, 0) is 11.2 Å². The zero-order valence-corrected chi connectivity index (χ0v) is 9.78. The van der Waals surface area contributed by atoms with Gasteiger partial charge in [0.1, 0.15) is 5.75 Å². The molecule has 2 rings (SSSR count). The van der Waals surface area contributed by atoms with E-state index in [0.717, 1.165) is 24.9 Å². The number of phenols is 1. The quantitative estimate of drug-likeness (QED) is 0.722. The van der Waals surface area contributed by atoms with E-state index in [0.29, 0.717) is 18.7 Å². The molecule has 1 aliphatic heterocycles. The molecule has 0 spiro atoms. The first-order chi connectivity index (χ1) is 8.27. The summed E-state index contributed by atoms with van der Waals surface area (Å²) in [5.41, 5.74) is 0.868. The lowest BCUT2D eigenvalue weighted by Gasteiger charge is -2.11. The third-order valence-corrected chi connectivity index (χ3v) is 3.06. The van der Waals surface area contributed by atoms with Crippen LogP contribution in [0.1, 0.15) is 18.4 Å². The number of nitrogens with one attached hydrogen (secondary N) is 2. The lowest BCUT2D eigenvalue weighted by molar-refractivity contribution is -0.122. The van der Waals surface area contributed by atoms with Crippen molar-refractivity contribution in [1.29, 1.82) is 0 Å². The smallest absolute Gasteiger partial charge is 0.237 e. The molecular formula is C13H18N2O2. The van der Waals surface area contributed by atoms with Crippen molar-refractivity contribution in [2.75, 3.05) is 13.1 Å². The number of carbonyl (C=O) groups is 1. The fraction of sp³-hybridized carbons (Fsp3) is 0.462. The number of hydrogen-bond donors (Lipinski definition) is 3. The van der Waals surface area contributed by atoms with Gasteiger partial charge in [0.25, 0.3) is 0 Å². The highest BCUT2D eigenvalue weighted by Gasteiger charge is 2.21. The fourth-order valence-corrected chi connectivity index (χ4v) is 2.07. The number of phenolic OH excluding ortho intramolecular Hbond substituents is 1. The Kier molecular flexibility index (Phi) is 3.98. The van der Waals surface area contributed by atoms with Crippen LogP contribution in [0.3, 0.4) is 0 Å². The van der Waals surface area contributed by atoms with E-state index >= 15 is 0 Å². The minimum absolute atomic E-state index is 0.0284. The van der Waals surface area contributed by atoms with Crippen molar-refractivity contribution in [3.8, 4) is 5.75 Å². The number of para-hydroxylation sites is 1. The van der Waals surface area contributed by atoms with Crippen molar-refractivity contribution >= 4 is 5.91 Å². The Labute approximate surface area is 101 Å². The van der Waals surface area contributed by atoms with Crippen LogP contribution >= 0.6 is 0 Å². The second-order valence-corrected chi connectivity index (χ2v) is 4.32. The maximum atomic E-state index is 11.7. The highest BCUT2D eigenvalue weighted by molar-refractivity contribution is 5.81. The second-order valence-electron chi connectivity index (χ2n) is 4.32. The summed E-state index contributed by atoms with van der Waals surface area (Å²) in [6.45, 7) is 1.49. The van der Waals surface area contributed by atoms with Gasteiger partial charge in [-0.2, -0.15) is 0 Å². The largest absolute Gasteiger partial charge is 0.508 e. The Bertz CT molecular complexity index is 387. The van der Waals surface area contributed by atoms with Crippen LogP contribution in [0.25, 0.3) is 0 Å². The van der Waals surface area contributed by atoms with Crippen molar-refractivity contribution in [3.05, 3.63) is 29.8 Å². The molecule has 1 aromatic rings. The molecule has 92 valence electrons. The Morgan fingerprint density at radius 1 is 1.47 bits per heavy atom. The molecule has 17 heavy (non-hydrogen) atoms. The number of hydrogen-bond acceptors (Lipinski definition) is 3. The Morgan fingerprint density at radius 3 is 3.00 bits per heavy atom. The highest BCUT2D eigenvalue weighted by Crippen LogP contribution is 2.15. The number of benzene rings is 1. The topological polar surface area (TPSA) is 61.4 Å².